The first-order chi connectivity index (χ1) is 12.2. The van der Waals surface area contributed by atoms with Gasteiger partial charge < -0.3 is 5.32 Å². The van der Waals surface area contributed by atoms with E-state index >= 15 is 0 Å². The summed E-state index contributed by atoms with van der Waals surface area (Å²) < 4.78 is 0. The molecule has 0 atom stereocenters. The Hall–Kier alpha value is -2.47. The fraction of sp³-hybridized carbons (Fsp3) is 0.316. The Morgan fingerprint density at radius 1 is 1.12 bits per heavy atom. The maximum absolute atomic E-state index is 12.2. The molecule has 1 aliphatic rings. The zero-order valence-corrected chi connectivity index (χ0v) is 14.8. The van der Waals surface area contributed by atoms with Crippen molar-refractivity contribution in [3.63, 3.8) is 0 Å². The fourth-order valence-corrected chi connectivity index (χ4v) is 3.40. The van der Waals surface area contributed by atoms with E-state index in [1.165, 1.54) is 9.89 Å². The van der Waals surface area contributed by atoms with Crippen LogP contribution in [0.2, 0.25) is 0 Å². The number of benzene rings is 1. The lowest BCUT2D eigenvalue weighted by atomic mass is 10.1. The van der Waals surface area contributed by atoms with Crippen LogP contribution >= 0.6 is 11.3 Å². The number of hydrogen-bond donors (Lipinski definition) is 1. The van der Waals surface area contributed by atoms with Gasteiger partial charge in [-0.15, -0.1) is 11.3 Å². The molecule has 0 saturated carbocycles. The van der Waals surface area contributed by atoms with Crippen LogP contribution in [-0.2, 0) is 16.0 Å². The molecule has 1 N–H and O–H groups in total. The summed E-state index contributed by atoms with van der Waals surface area (Å²) in [4.78, 5) is 25.3. The van der Waals surface area contributed by atoms with Crippen LogP contribution in [0.5, 0.6) is 0 Å². The summed E-state index contributed by atoms with van der Waals surface area (Å²) in [5.41, 5.74) is 1.97. The highest BCUT2D eigenvalue weighted by Crippen LogP contribution is 2.15. The highest BCUT2D eigenvalue weighted by Gasteiger charge is 2.21. The molecule has 130 valence electrons. The Balaban J connectivity index is 1.40. The lowest BCUT2D eigenvalue weighted by molar-refractivity contribution is -0.133. The first-order valence-corrected chi connectivity index (χ1v) is 9.32. The summed E-state index contributed by atoms with van der Waals surface area (Å²) in [7, 11) is 0. The highest BCUT2D eigenvalue weighted by molar-refractivity contribution is 7.09. The van der Waals surface area contributed by atoms with E-state index in [1.807, 2.05) is 41.8 Å². The van der Waals surface area contributed by atoms with Gasteiger partial charge in [-0.3, -0.25) is 9.59 Å². The molecule has 6 heteroatoms. The normalized spacial score (nSPS) is 13.6. The van der Waals surface area contributed by atoms with Gasteiger partial charge in [-0.25, -0.2) is 5.01 Å². The van der Waals surface area contributed by atoms with Crippen molar-refractivity contribution < 1.29 is 9.59 Å². The van der Waals surface area contributed by atoms with Gasteiger partial charge in [-0.05, 0) is 23.4 Å². The minimum Gasteiger partial charge on any atom is -0.356 e. The van der Waals surface area contributed by atoms with Crippen molar-refractivity contribution in [2.75, 3.05) is 13.1 Å². The summed E-state index contributed by atoms with van der Waals surface area (Å²) in [6.45, 7) is 1.19. The minimum atomic E-state index is -0.0978. The lowest BCUT2D eigenvalue weighted by Crippen LogP contribution is -2.28. The number of hydrogen-bond acceptors (Lipinski definition) is 4. The number of carbonyl (C=O) groups excluding carboxylic acids is 2. The van der Waals surface area contributed by atoms with E-state index < -0.39 is 0 Å². The van der Waals surface area contributed by atoms with Gasteiger partial charge in [0.1, 0.15) is 0 Å². The van der Waals surface area contributed by atoms with E-state index in [9.17, 15) is 9.59 Å². The number of rotatable bonds is 7. The molecule has 5 nitrogen and oxygen atoms in total. The van der Waals surface area contributed by atoms with Crippen molar-refractivity contribution in [1.29, 1.82) is 0 Å². The van der Waals surface area contributed by atoms with Gasteiger partial charge in [0.05, 0.1) is 12.3 Å². The van der Waals surface area contributed by atoms with E-state index in [-0.39, 0.29) is 24.7 Å². The SMILES string of the molecule is O=C(CCC(=O)N1CCC(c2ccccc2)=N1)NCCc1cccs1. The Kier molecular flexibility index (Phi) is 5.95. The quantitative estimate of drug-likeness (QED) is 0.830. The van der Waals surface area contributed by atoms with Gasteiger partial charge in [-0.2, -0.15) is 5.10 Å². The molecule has 25 heavy (non-hydrogen) atoms. The van der Waals surface area contributed by atoms with Crippen molar-refractivity contribution in [3.05, 3.63) is 58.3 Å². The Bertz CT molecular complexity index is 741. The molecule has 2 amide bonds. The summed E-state index contributed by atoms with van der Waals surface area (Å²) in [5.74, 6) is -0.185. The average molecular weight is 355 g/mol. The van der Waals surface area contributed by atoms with Crippen LogP contribution in [0.15, 0.2) is 52.9 Å². The number of nitrogens with zero attached hydrogens (tertiary/aromatic N) is 2. The van der Waals surface area contributed by atoms with Crippen molar-refractivity contribution in [3.8, 4) is 0 Å². The second-order valence-electron chi connectivity index (χ2n) is 5.86. The average Bonchev–Trinajstić information content (AvgIpc) is 3.32. The first-order valence-electron chi connectivity index (χ1n) is 8.45. The third-order valence-electron chi connectivity index (χ3n) is 4.04. The van der Waals surface area contributed by atoms with Gasteiger partial charge in [0.2, 0.25) is 11.8 Å². The van der Waals surface area contributed by atoms with E-state index in [1.54, 1.807) is 11.3 Å². The molecule has 0 spiro atoms. The van der Waals surface area contributed by atoms with E-state index in [2.05, 4.69) is 16.5 Å². The van der Waals surface area contributed by atoms with Crippen molar-refractivity contribution in [2.24, 2.45) is 5.10 Å². The van der Waals surface area contributed by atoms with Crippen molar-refractivity contribution in [1.82, 2.24) is 10.3 Å². The number of carbonyl (C=O) groups is 2. The van der Waals surface area contributed by atoms with E-state index in [0.29, 0.717) is 13.1 Å². The Morgan fingerprint density at radius 2 is 1.96 bits per heavy atom. The molecular weight excluding hydrogens is 334 g/mol. The molecule has 0 unspecified atom stereocenters. The largest absolute Gasteiger partial charge is 0.356 e. The van der Waals surface area contributed by atoms with Gasteiger partial charge in [-0.1, -0.05) is 36.4 Å². The number of nitrogens with one attached hydrogen (secondary N) is 1. The Labute approximate surface area is 151 Å². The number of amides is 2. The third kappa shape index (κ3) is 5.00. The molecular formula is C19H21N3O2S. The predicted octanol–water partition coefficient (Wildman–Crippen LogP) is 2.82. The van der Waals surface area contributed by atoms with Gasteiger partial charge in [0.25, 0.3) is 0 Å². The fourth-order valence-electron chi connectivity index (χ4n) is 2.69. The third-order valence-corrected chi connectivity index (χ3v) is 4.97. The summed E-state index contributed by atoms with van der Waals surface area (Å²) >= 11 is 1.68. The first kappa shape index (κ1) is 17.4. The van der Waals surface area contributed by atoms with E-state index in [4.69, 9.17) is 0 Å². The highest BCUT2D eigenvalue weighted by atomic mass is 32.1. The standard InChI is InChI=1S/C19H21N3O2S/c23-18(20-12-10-16-7-4-14-25-16)8-9-19(24)22-13-11-17(21-22)15-5-2-1-3-6-15/h1-7,14H,8-13H2,(H,20,23). The molecule has 1 aromatic heterocycles. The maximum Gasteiger partial charge on any atom is 0.243 e. The monoisotopic (exact) mass is 355 g/mol. The minimum absolute atomic E-state index is 0.0867. The summed E-state index contributed by atoms with van der Waals surface area (Å²) in [6.07, 6.45) is 1.98. The van der Waals surface area contributed by atoms with E-state index in [0.717, 1.165) is 24.1 Å². The molecule has 2 aromatic rings. The van der Waals surface area contributed by atoms with Gasteiger partial charge in [0, 0.05) is 30.7 Å². The van der Waals surface area contributed by atoms with Crippen molar-refractivity contribution >= 4 is 28.9 Å². The number of thiophene rings is 1. The zero-order chi connectivity index (χ0) is 17.5. The molecule has 3 rings (SSSR count). The van der Waals surface area contributed by atoms with Gasteiger partial charge in [0.15, 0.2) is 0 Å². The summed E-state index contributed by atoms with van der Waals surface area (Å²) in [5, 5.41) is 10.8. The summed E-state index contributed by atoms with van der Waals surface area (Å²) in [6, 6.07) is 13.9. The molecule has 1 aliphatic heterocycles. The van der Waals surface area contributed by atoms with Crippen LogP contribution in [-0.4, -0.2) is 35.6 Å². The molecule has 1 aromatic carbocycles. The second kappa shape index (κ2) is 8.58. The molecule has 0 fully saturated rings. The van der Waals surface area contributed by atoms with Crippen LogP contribution in [0.25, 0.3) is 0 Å². The maximum atomic E-state index is 12.2. The van der Waals surface area contributed by atoms with Crippen LogP contribution in [0.1, 0.15) is 29.7 Å². The molecule has 0 radical (unpaired) electrons. The van der Waals surface area contributed by atoms with Crippen LogP contribution < -0.4 is 5.32 Å². The van der Waals surface area contributed by atoms with Gasteiger partial charge >= 0.3 is 0 Å². The zero-order valence-electron chi connectivity index (χ0n) is 14.0. The smallest absolute Gasteiger partial charge is 0.243 e. The number of hydrazone groups is 1. The van der Waals surface area contributed by atoms with Crippen LogP contribution in [0.4, 0.5) is 0 Å². The Morgan fingerprint density at radius 3 is 2.72 bits per heavy atom. The lowest BCUT2D eigenvalue weighted by Gasteiger charge is -2.11. The van der Waals surface area contributed by atoms with Crippen molar-refractivity contribution in [2.45, 2.75) is 25.7 Å². The predicted molar refractivity (Wildman–Crippen MR) is 99.6 cm³/mol. The molecule has 2 heterocycles. The molecule has 0 aliphatic carbocycles. The topological polar surface area (TPSA) is 61.8 Å². The van der Waals surface area contributed by atoms with Crippen LogP contribution in [0.3, 0.4) is 0 Å². The molecule has 0 saturated heterocycles. The van der Waals surface area contributed by atoms with Crippen LogP contribution in [0, 0.1) is 0 Å². The second-order valence-corrected chi connectivity index (χ2v) is 6.89. The molecule has 0 bridgehead atoms.